The summed E-state index contributed by atoms with van der Waals surface area (Å²) in [5.74, 6) is 2.18. The molecular formula is C21H31NO5S. The lowest BCUT2D eigenvalue weighted by molar-refractivity contribution is -0.0394. The van der Waals surface area contributed by atoms with Crippen LogP contribution in [-0.2, 0) is 16.7 Å². The van der Waals surface area contributed by atoms with Gasteiger partial charge in [-0.25, -0.2) is 0 Å². The number of hydrogen-bond acceptors (Lipinski definition) is 5. The normalized spacial score (nSPS) is 34.3. The summed E-state index contributed by atoms with van der Waals surface area (Å²) in [5.41, 5.74) is 2.47. The molecule has 6 nitrogen and oxygen atoms in total. The maximum atomic E-state index is 11.5. The Morgan fingerprint density at radius 3 is 2.64 bits per heavy atom. The summed E-state index contributed by atoms with van der Waals surface area (Å²) < 4.78 is 33.6. The summed E-state index contributed by atoms with van der Waals surface area (Å²) in [6.45, 7) is 4.50. The quantitative estimate of drug-likeness (QED) is 0.778. The fourth-order valence-electron chi connectivity index (χ4n) is 6.49. The van der Waals surface area contributed by atoms with Crippen LogP contribution < -0.4 is 14.1 Å². The number of ether oxygens (including phenoxy) is 1. The molecule has 28 heavy (non-hydrogen) atoms. The van der Waals surface area contributed by atoms with Crippen molar-refractivity contribution in [2.45, 2.75) is 70.8 Å². The predicted octanol–water partition coefficient (Wildman–Crippen LogP) is 3.27. The number of nitrogens with two attached hydrogens (primary N) is 1. The molecule has 0 heterocycles. The van der Waals surface area contributed by atoms with Crippen LogP contribution in [0.15, 0.2) is 12.1 Å². The predicted molar refractivity (Wildman–Crippen MR) is 107 cm³/mol. The molecule has 3 aliphatic carbocycles. The van der Waals surface area contributed by atoms with E-state index in [1.165, 1.54) is 5.56 Å². The van der Waals surface area contributed by atoms with Gasteiger partial charge in [0.1, 0.15) is 0 Å². The second kappa shape index (κ2) is 7.18. The lowest BCUT2D eigenvalue weighted by Crippen LogP contribution is -2.45. The average Bonchev–Trinajstić information content (AvgIpc) is 2.98. The van der Waals surface area contributed by atoms with Crippen molar-refractivity contribution >= 4 is 10.3 Å². The molecule has 0 unspecified atom stereocenters. The van der Waals surface area contributed by atoms with Gasteiger partial charge in [0.05, 0.1) is 12.7 Å². The molecule has 4 rings (SSSR count). The Balaban J connectivity index is 1.71. The molecule has 0 saturated heterocycles. The summed E-state index contributed by atoms with van der Waals surface area (Å²) in [5, 5.41) is 15.8. The highest BCUT2D eigenvalue weighted by Gasteiger charge is 2.56. The number of rotatable bonds is 5. The summed E-state index contributed by atoms with van der Waals surface area (Å²) >= 11 is 0. The van der Waals surface area contributed by atoms with Crippen LogP contribution in [0.2, 0.25) is 0 Å². The monoisotopic (exact) mass is 409 g/mol. The van der Waals surface area contributed by atoms with E-state index in [4.69, 9.17) is 14.1 Å². The fourth-order valence-corrected chi connectivity index (χ4v) is 6.87. The van der Waals surface area contributed by atoms with Crippen LogP contribution in [0, 0.1) is 17.3 Å². The number of fused-ring (bicyclic) bond motifs is 5. The van der Waals surface area contributed by atoms with Crippen LogP contribution in [0.25, 0.3) is 0 Å². The van der Waals surface area contributed by atoms with Gasteiger partial charge in [-0.3, -0.25) is 0 Å². The Morgan fingerprint density at radius 1 is 1.18 bits per heavy atom. The summed E-state index contributed by atoms with van der Waals surface area (Å²) in [6.07, 6.45) is 6.95. The zero-order valence-corrected chi connectivity index (χ0v) is 17.5. The Kier molecular flexibility index (Phi) is 5.13. The minimum absolute atomic E-state index is 0.0814. The molecule has 0 amide bonds. The van der Waals surface area contributed by atoms with Crippen LogP contribution in [-0.4, -0.2) is 26.2 Å². The highest BCUT2D eigenvalue weighted by Crippen LogP contribution is 2.62. The molecule has 2 saturated carbocycles. The van der Waals surface area contributed by atoms with Gasteiger partial charge in [-0.15, -0.1) is 0 Å². The smallest absolute Gasteiger partial charge is 0.380 e. The minimum Gasteiger partial charge on any atom is -0.490 e. The van der Waals surface area contributed by atoms with Crippen LogP contribution in [0.3, 0.4) is 0 Å². The van der Waals surface area contributed by atoms with Crippen molar-refractivity contribution in [2.75, 3.05) is 6.61 Å². The van der Waals surface area contributed by atoms with Crippen molar-refractivity contribution in [3.63, 3.8) is 0 Å². The molecule has 0 aliphatic heterocycles. The molecule has 2 fully saturated rings. The van der Waals surface area contributed by atoms with E-state index in [9.17, 15) is 13.5 Å². The maximum Gasteiger partial charge on any atom is 0.380 e. The van der Waals surface area contributed by atoms with Crippen molar-refractivity contribution in [3.8, 4) is 11.5 Å². The number of aliphatic hydroxyl groups excluding tert-OH is 1. The van der Waals surface area contributed by atoms with Gasteiger partial charge in [0.2, 0.25) is 0 Å². The minimum atomic E-state index is -4.11. The number of benzene rings is 1. The highest BCUT2D eigenvalue weighted by molar-refractivity contribution is 7.84. The molecule has 3 N–H and O–H groups in total. The fraction of sp³-hybridized carbons (Fsp3) is 0.714. The summed E-state index contributed by atoms with van der Waals surface area (Å²) in [6, 6.07) is 3.77. The van der Waals surface area contributed by atoms with Crippen molar-refractivity contribution in [1.29, 1.82) is 0 Å². The summed E-state index contributed by atoms with van der Waals surface area (Å²) in [4.78, 5) is 0. The first-order chi connectivity index (χ1) is 13.3. The molecule has 0 aromatic heterocycles. The molecule has 0 radical (unpaired) electrons. The van der Waals surface area contributed by atoms with Gasteiger partial charge in [0.25, 0.3) is 0 Å². The lowest BCUT2D eigenvalue weighted by atomic mass is 9.54. The molecular weight excluding hydrogens is 378 g/mol. The number of aryl methyl sites for hydroxylation is 1. The Labute approximate surface area is 167 Å². The molecule has 3 aliphatic rings. The van der Waals surface area contributed by atoms with Crippen LogP contribution in [0.4, 0.5) is 0 Å². The molecule has 5 atom stereocenters. The molecule has 7 heteroatoms. The van der Waals surface area contributed by atoms with Gasteiger partial charge >= 0.3 is 10.3 Å². The van der Waals surface area contributed by atoms with Crippen molar-refractivity contribution in [2.24, 2.45) is 22.4 Å². The molecule has 0 spiro atoms. The topological polar surface area (TPSA) is 98.9 Å². The molecule has 1 aromatic rings. The highest BCUT2D eigenvalue weighted by atomic mass is 32.2. The van der Waals surface area contributed by atoms with Crippen LogP contribution >= 0.6 is 0 Å². The van der Waals surface area contributed by atoms with Gasteiger partial charge in [-0.2, -0.15) is 13.6 Å². The first-order valence-corrected chi connectivity index (χ1v) is 12.0. The van der Waals surface area contributed by atoms with E-state index in [0.717, 1.165) is 50.5 Å². The summed E-state index contributed by atoms with van der Waals surface area (Å²) in [7, 11) is -4.11. The number of hydrogen-bond donors (Lipinski definition) is 2. The van der Waals surface area contributed by atoms with Crippen molar-refractivity contribution < 1.29 is 22.4 Å². The molecule has 1 aromatic carbocycles. The van der Waals surface area contributed by atoms with Gasteiger partial charge in [0, 0.05) is 0 Å². The average molecular weight is 410 g/mol. The third kappa shape index (κ3) is 3.21. The second-order valence-corrected chi connectivity index (χ2v) is 9.79. The van der Waals surface area contributed by atoms with E-state index < -0.39 is 10.3 Å². The first-order valence-electron chi connectivity index (χ1n) is 10.5. The third-order valence-corrected chi connectivity index (χ3v) is 8.04. The van der Waals surface area contributed by atoms with Crippen molar-refractivity contribution in [1.82, 2.24) is 0 Å². The zero-order chi connectivity index (χ0) is 20.1. The van der Waals surface area contributed by atoms with Gasteiger partial charge in [0.15, 0.2) is 11.5 Å². The van der Waals surface area contributed by atoms with E-state index in [2.05, 4.69) is 6.92 Å². The van der Waals surface area contributed by atoms with Crippen LogP contribution in [0.5, 0.6) is 11.5 Å². The number of aliphatic hydroxyl groups is 1. The lowest BCUT2D eigenvalue weighted by Gasteiger charge is -2.51. The van der Waals surface area contributed by atoms with Gasteiger partial charge in [-0.05, 0) is 98.3 Å². The SMILES string of the molecule is CCOc1cc2c(cc1OS(N)(=O)=O)CC[C@@H]1[C@@H]2CC[C@]2(CC)[C@@H](O)CC[C@@H]12. The van der Waals surface area contributed by atoms with E-state index in [1.807, 2.05) is 13.0 Å². The van der Waals surface area contributed by atoms with E-state index in [-0.39, 0.29) is 17.3 Å². The van der Waals surface area contributed by atoms with E-state index >= 15 is 0 Å². The molecule has 0 bridgehead atoms. The van der Waals surface area contributed by atoms with E-state index in [0.29, 0.717) is 30.1 Å². The Bertz CT molecular complexity index is 855. The largest absolute Gasteiger partial charge is 0.490 e. The maximum absolute atomic E-state index is 11.5. The third-order valence-electron chi connectivity index (χ3n) is 7.62. The standard InChI is InChI=1S/C21H31NO5S/c1-3-21-10-9-14-15(17(21)7-8-20(21)23)6-5-13-11-19(27-28(22,24)25)18(26-4-2)12-16(13)14/h11-12,14-15,17,20,23H,3-10H2,1-2H3,(H2,22,24,25)/t14-,15+,17-,20-,21-/m0/s1. The van der Waals surface area contributed by atoms with E-state index in [1.54, 1.807) is 6.07 Å². The Hall–Kier alpha value is -1.31. The van der Waals surface area contributed by atoms with Crippen molar-refractivity contribution in [3.05, 3.63) is 23.3 Å². The Morgan fingerprint density at radius 2 is 1.96 bits per heavy atom. The van der Waals surface area contributed by atoms with Gasteiger partial charge < -0.3 is 14.0 Å². The zero-order valence-electron chi connectivity index (χ0n) is 16.7. The van der Waals surface area contributed by atoms with Gasteiger partial charge in [-0.1, -0.05) is 6.92 Å². The molecule has 156 valence electrons. The first kappa shape index (κ1) is 20.0. The second-order valence-electron chi connectivity index (χ2n) is 8.64. The van der Waals surface area contributed by atoms with Crippen LogP contribution in [0.1, 0.15) is 69.4 Å².